The van der Waals surface area contributed by atoms with E-state index in [1.54, 1.807) is 35.1 Å². The molecule has 0 amide bonds. The summed E-state index contributed by atoms with van der Waals surface area (Å²) in [5.41, 5.74) is 0. The number of aliphatic hydroxyl groups excluding tert-OH is 1. The summed E-state index contributed by atoms with van der Waals surface area (Å²) in [4.78, 5) is 0. The summed E-state index contributed by atoms with van der Waals surface area (Å²) in [6.07, 6.45) is 2.51. The molecule has 1 heterocycles. The van der Waals surface area contributed by atoms with E-state index in [-0.39, 0.29) is 6.61 Å². The van der Waals surface area contributed by atoms with Gasteiger partial charge in [0.2, 0.25) is 0 Å². The largest absolute Gasteiger partial charge is 0.491 e. The first-order valence-corrected chi connectivity index (χ1v) is 6.13. The molecule has 0 saturated heterocycles. The molecule has 4 nitrogen and oxygen atoms in total. The van der Waals surface area contributed by atoms with Crippen LogP contribution in [0.15, 0.2) is 36.7 Å². The third-order valence-corrected chi connectivity index (χ3v) is 2.70. The van der Waals surface area contributed by atoms with E-state index in [9.17, 15) is 5.11 Å². The van der Waals surface area contributed by atoms with Crippen LogP contribution in [0.25, 0.3) is 0 Å². The van der Waals surface area contributed by atoms with Crippen molar-refractivity contribution >= 4 is 23.2 Å². The minimum atomic E-state index is -0.656. The van der Waals surface area contributed by atoms with Gasteiger partial charge in [-0.05, 0) is 24.3 Å². The van der Waals surface area contributed by atoms with E-state index in [0.717, 1.165) is 0 Å². The van der Waals surface area contributed by atoms with Gasteiger partial charge < -0.3 is 9.84 Å². The number of hydrogen-bond donors (Lipinski definition) is 1. The van der Waals surface area contributed by atoms with Crippen LogP contribution < -0.4 is 4.74 Å². The van der Waals surface area contributed by atoms with Crippen molar-refractivity contribution in [1.82, 2.24) is 9.78 Å². The van der Waals surface area contributed by atoms with Crippen molar-refractivity contribution in [2.75, 3.05) is 6.61 Å². The van der Waals surface area contributed by atoms with E-state index in [1.165, 1.54) is 6.20 Å². The maximum absolute atomic E-state index is 9.77. The fourth-order valence-corrected chi connectivity index (χ4v) is 1.71. The van der Waals surface area contributed by atoms with Crippen molar-refractivity contribution in [3.8, 4) is 5.75 Å². The number of benzene rings is 1. The zero-order chi connectivity index (χ0) is 13.0. The molecule has 2 aromatic rings. The molecule has 0 radical (unpaired) electrons. The van der Waals surface area contributed by atoms with Gasteiger partial charge in [-0.2, -0.15) is 5.10 Å². The minimum Gasteiger partial charge on any atom is -0.491 e. The summed E-state index contributed by atoms with van der Waals surface area (Å²) < 4.78 is 6.99. The van der Waals surface area contributed by atoms with Gasteiger partial charge in [-0.15, -0.1) is 0 Å². The maximum atomic E-state index is 9.77. The van der Waals surface area contributed by atoms with E-state index < -0.39 is 6.10 Å². The van der Waals surface area contributed by atoms with Gasteiger partial charge in [0.05, 0.1) is 17.8 Å². The predicted octanol–water partition coefficient (Wildman–Crippen LogP) is 2.63. The Balaban J connectivity index is 1.81. The first-order valence-electron chi connectivity index (χ1n) is 5.38. The van der Waals surface area contributed by atoms with Crippen molar-refractivity contribution in [3.05, 3.63) is 46.7 Å². The van der Waals surface area contributed by atoms with Crippen molar-refractivity contribution in [3.63, 3.8) is 0 Å². The Morgan fingerprint density at radius 2 is 1.94 bits per heavy atom. The number of halogens is 2. The molecule has 0 aliphatic carbocycles. The van der Waals surface area contributed by atoms with E-state index >= 15 is 0 Å². The Kier molecular flexibility index (Phi) is 4.47. The molecule has 0 aliphatic heterocycles. The molecule has 6 heteroatoms. The van der Waals surface area contributed by atoms with Gasteiger partial charge in [0, 0.05) is 11.2 Å². The lowest BCUT2D eigenvalue weighted by Gasteiger charge is -2.12. The Bertz CT molecular complexity index is 499. The van der Waals surface area contributed by atoms with Crippen molar-refractivity contribution in [1.29, 1.82) is 0 Å². The lowest BCUT2D eigenvalue weighted by Crippen LogP contribution is -2.23. The lowest BCUT2D eigenvalue weighted by molar-refractivity contribution is 0.0893. The normalized spacial score (nSPS) is 12.4. The quantitative estimate of drug-likeness (QED) is 0.919. The number of rotatable bonds is 5. The molecular weight excluding hydrogens is 275 g/mol. The molecule has 1 N–H and O–H groups in total. The van der Waals surface area contributed by atoms with Crippen molar-refractivity contribution in [2.24, 2.45) is 0 Å². The monoisotopic (exact) mass is 286 g/mol. The van der Waals surface area contributed by atoms with Crippen molar-refractivity contribution in [2.45, 2.75) is 12.6 Å². The van der Waals surface area contributed by atoms with Crippen LogP contribution in [0.1, 0.15) is 0 Å². The summed E-state index contributed by atoms with van der Waals surface area (Å²) >= 11 is 11.5. The molecule has 1 aromatic carbocycles. The maximum Gasteiger partial charge on any atom is 0.119 e. The van der Waals surface area contributed by atoms with Gasteiger partial charge in [-0.1, -0.05) is 23.2 Å². The molecule has 1 atom stereocenters. The van der Waals surface area contributed by atoms with Crippen LogP contribution >= 0.6 is 23.2 Å². The summed E-state index contributed by atoms with van der Waals surface area (Å²) in [5.74, 6) is 0.664. The number of nitrogens with zero attached hydrogens (tertiary/aromatic N) is 2. The van der Waals surface area contributed by atoms with E-state index in [4.69, 9.17) is 27.9 Å². The third-order valence-electron chi connectivity index (χ3n) is 2.26. The average molecular weight is 287 g/mol. The van der Waals surface area contributed by atoms with E-state index in [0.29, 0.717) is 22.3 Å². The van der Waals surface area contributed by atoms with Crippen LogP contribution in [0, 0.1) is 0 Å². The zero-order valence-corrected chi connectivity index (χ0v) is 11.0. The summed E-state index contributed by atoms with van der Waals surface area (Å²) in [6.45, 7) is 0.513. The molecule has 18 heavy (non-hydrogen) atoms. The van der Waals surface area contributed by atoms with Gasteiger partial charge in [0.1, 0.15) is 18.5 Å². The third kappa shape index (κ3) is 3.91. The van der Waals surface area contributed by atoms with E-state index in [1.807, 2.05) is 0 Å². The molecule has 1 aromatic heterocycles. The molecule has 0 spiro atoms. The Labute approximate surface area is 115 Å². The van der Waals surface area contributed by atoms with E-state index in [2.05, 4.69) is 5.10 Å². The lowest BCUT2D eigenvalue weighted by atomic mass is 10.3. The van der Waals surface area contributed by atoms with Crippen LogP contribution in [0.4, 0.5) is 0 Å². The predicted molar refractivity (Wildman–Crippen MR) is 70.2 cm³/mol. The SMILES string of the molecule is OC(COc1ccc(Cl)cc1)Cn1cc(Cl)cn1. The zero-order valence-electron chi connectivity index (χ0n) is 9.46. The number of hydrogen-bond acceptors (Lipinski definition) is 3. The van der Waals surface area contributed by atoms with Gasteiger partial charge in [-0.3, -0.25) is 4.68 Å². The van der Waals surface area contributed by atoms with Crippen LogP contribution in [-0.4, -0.2) is 27.6 Å². The van der Waals surface area contributed by atoms with Crippen molar-refractivity contribution < 1.29 is 9.84 Å². The molecule has 0 bridgehead atoms. The molecule has 1 unspecified atom stereocenters. The minimum absolute atomic E-state index is 0.180. The summed E-state index contributed by atoms with van der Waals surface area (Å²) in [7, 11) is 0. The average Bonchev–Trinajstić information content (AvgIpc) is 2.74. The molecule has 2 rings (SSSR count). The highest BCUT2D eigenvalue weighted by Crippen LogP contribution is 2.15. The van der Waals surface area contributed by atoms with Crippen LogP contribution in [0.5, 0.6) is 5.75 Å². The van der Waals surface area contributed by atoms with Gasteiger partial charge in [0.15, 0.2) is 0 Å². The Morgan fingerprint density at radius 1 is 1.22 bits per heavy atom. The summed E-state index contributed by atoms with van der Waals surface area (Å²) in [6, 6.07) is 6.97. The molecule has 0 fully saturated rings. The Hall–Kier alpha value is -1.23. The van der Waals surface area contributed by atoms with Crippen LogP contribution in [0.3, 0.4) is 0 Å². The second-order valence-electron chi connectivity index (χ2n) is 3.80. The highest BCUT2D eigenvalue weighted by atomic mass is 35.5. The fraction of sp³-hybridized carbons (Fsp3) is 0.250. The van der Waals surface area contributed by atoms with Gasteiger partial charge >= 0.3 is 0 Å². The second kappa shape index (κ2) is 6.09. The first-order chi connectivity index (χ1) is 8.63. The topological polar surface area (TPSA) is 47.3 Å². The summed E-state index contributed by atoms with van der Waals surface area (Å²) in [5, 5.41) is 14.9. The number of ether oxygens (including phenoxy) is 1. The standard InChI is InChI=1S/C12H12Cl2N2O2/c13-9-1-3-12(4-2-9)18-8-11(17)7-16-6-10(14)5-15-16/h1-6,11,17H,7-8H2. The van der Waals surface area contributed by atoms with Gasteiger partial charge in [-0.25, -0.2) is 0 Å². The first kappa shape index (κ1) is 13.2. The molecule has 0 aliphatic rings. The van der Waals surface area contributed by atoms with Crippen LogP contribution in [-0.2, 0) is 6.54 Å². The van der Waals surface area contributed by atoms with Gasteiger partial charge in [0.25, 0.3) is 0 Å². The number of aromatic nitrogens is 2. The highest BCUT2D eigenvalue weighted by Gasteiger charge is 2.07. The highest BCUT2D eigenvalue weighted by molar-refractivity contribution is 6.30. The molecule has 96 valence electrons. The molecular formula is C12H12Cl2N2O2. The fourth-order valence-electron chi connectivity index (χ4n) is 1.43. The Morgan fingerprint density at radius 3 is 2.56 bits per heavy atom. The number of aliphatic hydroxyl groups is 1. The second-order valence-corrected chi connectivity index (χ2v) is 4.67. The van der Waals surface area contributed by atoms with Crippen LogP contribution in [0.2, 0.25) is 10.0 Å². The molecule has 0 saturated carbocycles. The smallest absolute Gasteiger partial charge is 0.119 e.